The molecular formula is C13H23BrO6. The van der Waals surface area contributed by atoms with E-state index in [0.29, 0.717) is 18.8 Å². The molecule has 6 nitrogen and oxygen atoms in total. The molecule has 0 aliphatic carbocycles. The lowest BCUT2D eigenvalue weighted by Crippen LogP contribution is -2.29. The van der Waals surface area contributed by atoms with Crippen molar-refractivity contribution in [3.8, 4) is 0 Å². The average molecular weight is 355 g/mol. The van der Waals surface area contributed by atoms with Crippen LogP contribution in [0.2, 0.25) is 0 Å². The second-order valence-electron chi connectivity index (χ2n) is 4.77. The first-order valence-electron chi connectivity index (χ1n) is 6.30. The fourth-order valence-electron chi connectivity index (χ4n) is 0.866. The van der Waals surface area contributed by atoms with Crippen LogP contribution >= 0.6 is 15.9 Å². The van der Waals surface area contributed by atoms with Crippen LogP contribution < -0.4 is 0 Å². The van der Waals surface area contributed by atoms with E-state index in [1.54, 1.807) is 13.8 Å². The predicted molar refractivity (Wildman–Crippen MR) is 77.2 cm³/mol. The lowest BCUT2D eigenvalue weighted by Gasteiger charge is -2.18. The van der Waals surface area contributed by atoms with Crippen molar-refractivity contribution in [2.45, 2.75) is 38.1 Å². The average Bonchev–Trinajstić information content (AvgIpc) is 2.34. The number of hydrogen-bond acceptors (Lipinski definition) is 6. The first-order valence-corrected chi connectivity index (χ1v) is 7.09. The highest BCUT2D eigenvalue weighted by atomic mass is 79.9. The monoisotopic (exact) mass is 354 g/mol. The van der Waals surface area contributed by atoms with Gasteiger partial charge in [-0.3, -0.25) is 0 Å². The number of carbonyl (C=O) groups excluding carboxylic acids is 1. The summed E-state index contributed by atoms with van der Waals surface area (Å²) < 4.78 is 4.79. The maximum absolute atomic E-state index is 11.3. The van der Waals surface area contributed by atoms with Crippen molar-refractivity contribution in [2.75, 3.05) is 26.4 Å². The summed E-state index contributed by atoms with van der Waals surface area (Å²) in [5.74, 6) is -0.488. The Hall–Kier alpha value is -0.470. The fraction of sp³-hybridized carbons (Fsp3) is 0.769. The van der Waals surface area contributed by atoms with E-state index >= 15 is 0 Å². The van der Waals surface area contributed by atoms with E-state index < -0.39 is 12.1 Å². The molecule has 0 aromatic rings. The molecule has 0 saturated carbocycles. The van der Waals surface area contributed by atoms with Crippen LogP contribution in [0.25, 0.3) is 0 Å². The molecule has 0 radical (unpaired) electrons. The fourth-order valence-corrected chi connectivity index (χ4v) is 0.959. The number of alkyl halides is 1. The topological polar surface area (TPSA) is 63.2 Å². The van der Waals surface area contributed by atoms with Crippen LogP contribution in [-0.2, 0) is 29.1 Å². The Bertz CT molecular complexity index is 300. The van der Waals surface area contributed by atoms with E-state index in [-0.39, 0.29) is 17.5 Å². The molecule has 1 atom stereocenters. The molecule has 0 N–H and O–H groups in total. The number of esters is 1. The van der Waals surface area contributed by atoms with Crippen molar-refractivity contribution >= 4 is 21.9 Å². The molecular weight excluding hydrogens is 332 g/mol. The normalized spacial score (nSPS) is 13.1. The zero-order chi connectivity index (χ0) is 15.6. The molecule has 1 unspecified atom stereocenters. The van der Waals surface area contributed by atoms with Crippen molar-refractivity contribution < 1.29 is 29.1 Å². The zero-order valence-electron chi connectivity index (χ0n) is 12.4. The lowest BCUT2D eigenvalue weighted by atomic mass is 10.2. The molecule has 0 rings (SSSR count). The van der Waals surface area contributed by atoms with Gasteiger partial charge in [-0.25, -0.2) is 24.3 Å². The molecule has 0 aliphatic rings. The second kappa shape index (κ2) is 10.3. The van der Waals surface area contributed by atoms with Crippen molar-refractivity contribution in [3.05, 3.63) is 12.2 Å². The molecule has 0 aromatic heterocycles. The van der Waals surface area contributed by atoms with E-state index in [4.69, 9.17) is 24.3 Å². The molecule has 0 spiro atoms. The predicted octanol–water partition coefficient (Wildman–Crippen LogP) is 2.56. The van der Waals surface area contributed by atoms with Gasteiger partial charge in [0.1, 0.15) is 13.2 Å². The third kappa shape index (κ3) is 11.4. The van der Waals surface area contributed by atoms with E-state index in [9.17, 15) is 4.79 Å². The molecule has 0 fully saturated rings. The van der Waals surface area contributed by atoms with Gasteiger partial charge in [-0.15, -0.1) is 0 Å². The summed E-state index contributed by atoms with van der Waals surface area (Å²) in [7, 11) is 0. The SMILES string of the molecule is C=C(C)C(=O)OCC(COOCC(C)(C)Br)OOCC. The van der Waals surface area contributed by atoms with Gasteiger partial charge < -0.3 is 4.74 Å². The summed E-state index contributed by atoms with van der Waals surface area (Å²) in [4.78, 5) is 31.2. The van der Waals surface area contributed by atoms with Gasteiger partial charge in [0.2, 0.25) is 0 Å². The maximum atomic E-state index is 11.3. The Morgan fingerprint density at radius 3 is 2.40 bits per heavy atom. The van der Waals surface area contributed by atoms with Crippen LogP contribution in [-0.4, -0.2) is 42.8 Å². The van der Waals surface area contributed by atoms with Gasteiger partial charge >= 0.3 is 5.97 Å². The van der Waals surface area contributed by atoms with E-state index in [2.05, 4.69) is 22.5 Å². The largest absolute Gasteiger partial charge is 0.459 e. The number of carbonyl (C=O) groups is 1. The molecule has 0 aliphatic heterocycles. The smallest absolute Gasteiger partial charge is 0.333 e. The molecule has 20 heavy (non-hydrogen) atoms. The zero-order valence-corrected chi connectivity index (χ0v) is 14.0. The highest BCUT2D eigenvalue weighted by molar-refractivity contribution is 9.10. The molecule has 0 aromatic carbocycles. The summed E-state index contributed by atoms with van der Waals surface area (Å²) >= 11 is 3.41. The van der Waals surface area contributed by atoms with E-state index in [0.717, 1.165) is 0 Å². The van der Waals surface area contributed by atoms with Crippen LogP contribution in [0.1, 0.15) is 27.7 Å². The highest BCUT2D eigenvalue weighted by Gasteiger charge is 2.17. The number of ether oxygens (including phenoxy) is 1. The summed E-state index contributed by atoms with van der Waals surface area (Å²) in [6, 6.07) is 0. The van der Waals surface area contributed by atoms with E-state index in [1.165, 1.54) is 0 Å². The Morgan fingerprint density at radius 1 is 1.25 bits per heavy atom. The number of halogens is 1. The third-order valence-corrected chi connectivity index (χ3v) is 2.04. The third-order valence-electron chi connectivity index (χ3n) is 1.81. The minimum absolute atomic E-state index is 0.00718. The van der Waals surface area contributed by atoms with Crippen molar-refractivity contribution in [1.82, 2.24) is 0 Å². The summed E-state index contributed by atoms with van der Waals surface area (Å²) in [6.45, 7) is 11.5. The number of hydrogen-bond donors (Lipinski definition) is 0. The summed E-state index contributed by atoms with van der Waals surface area (Å²) in [6.07, 6.45) is -0.573. The van der Waals surface area contributed by atoms with Crippen LogP contribution in [0.15, 0.2) is 12.2 Å². The van der Waals surface area contributed by atoms with Gasteiger partial charge in [0.15, 0.2) is 6.10 Å². The van der Waals surface area contributed by atoms with Gasteiger partial charge in [-0.1, -0.05) is 22.5 Å². The first kappa shape index (κ1) is 19.5. The quantitative estimate of drug-likeness (QED) is 0.142. The minimum atomic E-state index is -0.573. The van der Waals surface area contributed by atoms with Gasteiger partial charge in [-0.2, -0.15) is 0 Å². The lowest BCUT2D eigenvalue weighted by molar-refractivity contribution is -0.368. The number of rotatable bonds is 11. The van der Waals surface area contributed by atoms with Gasteiger partial charge in [0, 0.05) is 9.90 Å². The van der Waals surface area contributed by atoms with Crippen LogP contribution in [0.3, 0.4) is 0 Å². The molecule has 7 heteroatoms. The first-order chi connectivity index (χ1) is 9.26. The maximum Gasteiger partial charge on any atom is 0.333 e. The Morgan fingerprint density at radius 2 is 1.90 bits per heavy atom. The second-order valence-corrected chi connectivity index (χ2v) is 6.92. The Balaban J connectivity index is 4.01. The summed E-state index contributed by atoms with van der Waals surface area (Å²) in [5, 5.41) is 0. The van der Waals surface area contributed by atoms with Crippen molar-refractivity contribution in [2.24, 2.45) is 0 Å². The van der Waals surface area contributed by atoms with Gasteiger partial charge in [-0.05, 0) is 27.7 Å². The molecule has 0 heterocycles. The van der Waals surface area contributed by atoms with Crippen molar-refractivity contribution in [3.63, 3.8) is 0 Å². The van der Waals surface area contributed by atoms with Gasteiger partial charge in [0.05, 0.1) is 13.2 Å². The van der Waals surface area contributed by atoms with Crippen molar-refractivity contribution in [1.29, 1.82) is 0 Å². The Labute approximate surface area is 128 Å². The van der Waals surface area contributed by atoms with E-state index in [1.807, 2.05) is 13.8 Å². The standard InChI is InChI=1S/C13H23BrO6/c1-6-17-20-11(7-16-12(15)10(2)3)8-18-19-9-13(4,5)14/h11H,2,6-9H2,1,3-5H3. The van der Waals surface area contributed by atoms with Crippen LogP contribution in [0.4, 0.5) is 0 Å². The molecule has 118 valence electrons. The molecule has 0 bridgehead atoms. The Kier molecular flexibility index (Phi) is 10.0. The van der Waals surface area contributed by atoms with Crippen LogP contribution in [0, 0.1) is 0 Å². The highest BCUT2D eigenvalue weighted by Crippen LogP contribution is 2.15. The summed E-state index contributed by atoms with van der Waals surface area (Å²) in [5.41, 5.74) is 0.318. The van der Waals surface area contributed by atoms with Crippen LogP contribution in [0.5, 0.6) is 0 Å². The molecule has 0 amide bonds. The molecule has 0 saturated heterocycles. The minimum Gasteiger partial charge on any atom is -0.459 e. The van der Waals surface area contributed by atoms with Gasteiger partial charge in [0.25, 0.3) is 0 Å².